The van der Waals surface area contributed by atoms with Gasteiger partial charge >= 0.3 is 12.2 Å². The van der Waals surface area contributed by atoms with Crippen LogP contribution >= 0.6 is 15.9 Å². The van der Waals surface area contributed by atoms with E-state index in [-0.39, 0.29) is 4.47 Å². The molecule has 0 aliphatic rings. The van der Waals surface area contributed by atoms with Crippen LogP contribution in [-0.4, -0.2) is 42.2 Å². The Morgan fingerprint density at radius 3 is 2.38 bits per heavy atom. The fourth-order valence-electron chi connectivity index (χ4n) is 2.27. The molecule has 0 aliphatic heterocycles. The first kappa shape index (κ1) is 20.4. The number of benzene rings is 1. The predicted molar refractivity (Wildman–Crippen MR) is 90.5 cm³/mol. The van der Waals surface area contributed by atoms with E-state index in [9.17, 15) is 26.4 Å². The normalized spacial score (nSPS) is 12.2. The summed E-state index contributed by atoms with van der Waals surface area (Å²) in [6.45, 7) is 4.23. The van der Waals surface area contributed by atoms with Crippen LogP contribution in [0.3, 0.4) is 0 Å². The van der Waals surface area contributed by atoms with Crippen LogP contribution in [0.1, 0.15) is 19.4 Å². The maximum Gasteiger partial charge on any atom is 0.417 e. The van der Waals surface area contributed by atoms with Gasteiger partial charge in [-0.1, -0.05) is 15.9 Å². The zero-order valence-corrected chi connectivity index (χ0v) is 16.2. The minimum atomic E-state index is -4.87. The number of carbonyl (C=O) groups excluding carboxylic acids is 1. The van der Waals surface area contributed by atoms with Crippen molar-refractivity contribution in [2.45, 2.75) is 29.9 Å². The number of alkyl halides is 3. The largest absolute Gasteiger partial charge is 0.417 e. The third-order valence-electron chi connectivity index (χ3n) is 3.61. The molecule has 0 spiro atoms. The van der Waals surface area contributed by atoms with Crippen LogP contribution in [0.2, 0.25) is 0 Å². The van der Waals surface area contributed by atoms with E-state index >= 15 is 0 Å². The van der Waals surface area contributed by atoms with E-state index in [1.807, 2.05) is 0 Å². The highest BCUT2D eigenvalue weighted by atomic mass is 79.9. The van der Waals surface area contributed by atoms with Crippen molar-refractivity contribution >= 4 is 31.8 Å². The number of aromatic nitrogens is 2. The van der Waals surface area contributed by atoms with Crippen LogP contribution < -0.4 is 0 Å². The second-order valence-electron chi connectivity index (χ2n) is 5.20. The van der Waals surface area contributed by atoms with Crippen molar-refractivity contribution < 1.29 is 26.4 Å². The smallest absolute Gasteiger partial charge is 0.323 e. The topological polar surface area (TPSA) is 72.3 Å². The molecule has 0 atom stereocenters. The molecule has 1 heterocycles. The summed E-state index contributed by atoms with van der Waals surface area (Å²) in [6.07, 6.45) is -3.76. The quantitative estimate of drug-likeness (QED) is 0.705. The summed E-state index contributed by atoms with van der Waals surface area (Å²) in [4.78, 5) is 12.7. The number of rotatable bonds is 4. The Bertz CT molecular complexity index is 922. The number of hydrogen-bond acceptors (Lipinski definition) is 4. The maximum absolute atomic E-state index is 13.2. The van der Waals surface area contributed by atoms with Gasteiger partial charge < -0.3 is 4.90 Å². The molecule has 1 aromatic carbocycles. The Morgan fingerprint density at radius 2 is 1.85 bits per heavy atom. The fraction of sp³-hybridized carbons (Fsp3) is 0.333. The van der Waals surface area contributed by atoms with E-state index in [0.29, 0.717) is 19.2 Å². The van der Waals surface area contributed by atoms with Crippen molar-refractivity contribution in [2.75, 3.05) is 13.1 Å². The molecule has 0 bridgehead atoms. The third-order valence-corrected chi connectivity index (χ3v) is 5.80. The number of amides is 1. The van der Waals surface area contributed by atoms with Gasteiger partial charge in [0.15, 0.2) is 5.03 Å². The predicted octanol–water partition coefficient (Wildman–Crippen LogP) is 3.81. The minimum absolute atomic E-state index is 0.0889. The summed E-state index contributed by atoms with van der Waals surface area (Å²) in [5, 5.41) is 3.05. The van der Waals surface area contributed by atoms with Gasteiger partial charge in [-0.25, -0.2) is 13.2 Å². The molecule has 1 amide bonds. The summed E-state index contributed by atoms with van der Waals surface area (Å²) in [5.74, 6) is 0. The first-order chi connectivity index (χ1) is 12.0. The molecule has 0 aliphatic carbocycles. The molecule has 1 aromatic heterocycles. The monoisotopic (exact) mass is 453 g/mol. The molecule has 0 N–H and O–H groups in total. The molecule has 11 heteroatoms. The van der Waals surface area contributed by atoms with Gasteiger partial charge in [0.25, 0.3) is 0 Å². The summed E-state index contributed by atoms with van der Waals surface area (Å²) >= 11 is 2.90. The number of nitrogens with zero attached hydrogens (tertiary/aromatic N) is 3. The van der Waals surface area contributed by atoms with Crippen molar-refractivity contribution in [1.82, 2.24) is 14.7 Å². The zero-order chi connectivity index (χ0) is 19.7. The van der Waals surface area contributed by atoms with Crippen LogP contribution in [0.5, 0.6) is 0 Å². The first-order valence-electron chi connectivity index (χ1n) is 7.49. The highest BCUT2D eigenvalue weighted by Crippen LogP contribution is 2.37. The number of sulfone groups is 1. The molecule has 0 unspecified atom stereocenters. The Labute approximate surface area is 156 Å². The average molecular weight is 454 g/mol. The molecule has 6 nitrogen and oxygen atoms in total. The van der Waals surface area contributed by atoms with Crippen LogP contribution in [0.15, 0.2) is 44.9 Å². The fourth-order valence-corrected chi connectivity index (χ4v) is 4.00. The van der Waals surface area contributed by atoms with Crippen molar-refractivity contribution in [2.24, 2.45) is 0 Å². The Hall–Kier alpha value is -1.88. The highest BCUT2D eigenvalue weighted by Gasteiger charge is 2.38. The highest BCUT2D eigenvalue weighted by molar-refractivity contribution is 9.10. The van der Waals surface area contributed by atoms with Crippen molar-refractivity contribution in [3.63, 3.8) is 0 Å². The molecular formula is C15H15BrF3N3O3S. The molecule has 0 radical (unpaired) electrons. The first-order valence-corrected chi connectivity index (χ1v) is 9.76. The van der Waals surface area contributed by atoms with Gasteiger partial charge in [-0.2, -0.15) is 23.0 Å². The van der Waals surface area contributed by atoms with Gasteiger partial charge in [-0.05, 0) is 38.1 Å². The third kappa shape index (κ3) is 3.93. The average Bonchev–Trinajstić information content (AvgIpc) is 3.05. The van der Waals surface area contributed by atoms with Gasteiger partial charge in [-0.15, -0.1) is 0 Å². The lowest BCUT2D eigenvalue weighted by atomic mass is 10.2. The molecule has 2 aromatic rings. The molecule has 0 fully saturated rings. The van der Waals surface area contributed by atoms with Gasteiger partial charge in [0.1, 0.15) is 0 Å². The molecule has 2 rings (SSSR count). The number of halogens is 4. The van der Waals surface area contributed by atoms with E-state index in [1.165, 1.54) is 11.0 Å². The van der Waals surface area contributed by atoms with Crippen LogP contribution in [0.4, 0.5) is 18.0 Å². The second-order valence-corrected chi connectivity index (χ2v) is 7.98. The lowest BCUT2D eigenvalue weighted by Crippen LogP contribution is -2.34. The van der Waals surface area contributed by atoms with E-state index < -0.39 is 37.5 Å². The van der Waals surface area contributed by atoms with Crippen molar-refractivity contribution in [3.8, 4) is 0 Å². The van der Waals surface area contributed by atoms with Crippen molar-refractivity contribution in [3.05, 3.63) is 40.5 Å². The lowest BCUT2D eigenvalue weighted by Gasteiger charge is -2.17. The summed E-state index contributed by atoms with van der Waals surface area (Å²) in [6, 6.07) is 3.17. The van der Waals surface area contributed by atoms with Crippen LogP contribution in [0.25, 0.3) is 0 Å². The maximum atomic E-state index is 13.2. The summed E-state index contributed by atoms with van der Waals surface area (Å²) in [5.41, 5.74) is -1.31. The molecule has 142 valence electrons. The zero-order valence-electron chi connectivity index (χ0n) is 13.8. The van der Waals surface area contributed by atoms with Crippen LogP contribution in [0, 0.1) is 0 Å². The number of hydrogen-bond donors (Lipinski definition) is 0. The standard InChI is InChI=1S/C15H15BrF3N3O3S/c1-3-21(4-2)14(23)22-8-7-13(20-22)26(24,25)12-6-5-10(16)9-11(12)15(17,18)19/h5-9H,3-4H2,1-2H3. The van der Waals surface area contributed by atoms with E-state index in [4.69, 9.17) is 0 Å². The van der Waals surface area contributed by atoms with E-state index in [2.05, 4.69) is 21.0 Å². The summed E-state index contributed by atoms with van der Waals surface area (Å²) < 4.78 is 65.9. The van der Waals surface area contributed by atoms with Gasteiger partial charge in [0.05, 0.1) is 10.5 Å². The Balaban J connectivity index is 2.52. The molecule has 0 saturated carbocycles. The number of carbonyl (C=O) groups is 1. The molecular weight excluding hydrogens is 439 g/mol. The van der Waals surface area contributed by atoms with E-state index in [1.54, 1.807) is 13.8 Å². The second kappa shape index (κ2) is 7.39. The SMILES string of the molecule is CCN(CC)C(=O)n1ccc(S(=O)(=O)c2ccc(Br)cc2C(F)(F)F)n1. The Kier molecular flexibility index (Phi) is 5.81. The summed E-state index contributed by atoms with van der Waals surface area (Å²) in [7, 11) is -4.56. The van der Waals surface area contributed by atoms with Gasteiger partial charge in [0, 0.05) is 23.8 Å². The lowest BCUT2D eigenvalue weighted by molar-refractivity contribution is -0.139. The van der Waals surface area contributed by atoms with Crippen molar-refractivity contribution in [1.29, 1.82) is 0 Å². The van der Waals surface area contributed by atoms with E-state index in [0.717, 1.165) is 23.0 Å². The molecule has 0 saturated heterocycles. The van der Waals surface area contributed by atoms with Gasteiger partial charge in [-0.3, -0.25) is 0 Å². The Morgan fingerprint density at radius 1 is 1.23 bits per heavy atom. The van der Waals surface area contributed by atoms with Crippen LogP contribution in [-0.2, 0) is 16.0 Å². The minimum Gasteiger partial charge on any atom is -0.323 e. The molecule has 26 heavy (non-hydrogen) atoms. The van der Waals surface area contributed by atoms with Gasteiger partial charge in [0.2, 0.25) is 9.84 Å².